The number of nitrogens with zero attached hydrogens (tertiary/aromatic N) is 1. The fourth-order valence-electron chi connectivity index (χ4n) is 3.33. The zero-order valence-electron chi connectivity index (χ0n) is 10.6. The molecule has 0 aliphatic heterocycles. The number of carbonyl (C=O) groups is 1. The summed E-state index contributed by atoms with van der Waals surface area (Å²) in [5, 5.41) is 4.28. The smallest absolute Gasteiger partial charge is 0.226 e. The maximum absolute atomic E-state index is 12.6. The third kappa shape index (κ3) is 1.89. The molecule has 96 valence electrons. The molecule has 0 aromatic carbocycles. The summed E-state index contributed by atoms with van der Waals surface area (Å²) in [6, 6.07) is 2.70. The van der Waals surface area contributed by atoms with Crippen molar-refractivity contribution < 1.29 is 4.79 Å². The number of carbonyl (C=O) groups excluding carboxylic acids is 1. The van der Waals surface area contributed by atoms with Crippen molar-refractivity contribution in [2.75, 3.05) is 0 Å². The molecule has 0 bridgehead atoms. The van der Waals surface area contributed by atoms with Crippen LogP contribution in [0.3, 0.4) is 0 Å². The molecule has 4 rings (SSSR count). The summed E-state index contributed by atoms with van der Waals surface area (Å²) in [7, 11) is 0. The van der Waals surface area contributed by atoms with Crippen LogP contribution < -0.4 is 0 Å². The minimum atomic E-state index is 0.353. The van der Waals surface area contributed by atoms with Crippen LogP contribution in [0.5, 0.6) is 0 Å². The molecule has 1 heterocycles. The maximum Gasteiger partial charge on any atom is 0.226 e. The predicted octanol–water partition coefficient (Wildman–Crippen LogP) is 3.43. The lowest BCUT2D eigenvalue weighted by molar-refractivity contribution is -0.142. The summed E-state index contributed by atoms with van der Waals surface area (Å²) >= 11 is 1.73. The van der Waals surface area contributed by atoms with E-state index in [-0.39, 0.29) is 0 Å². The lowest BCUT2D eigenvalue weighted by Gasteiger charge is -2.38. The molecule has 1 aromatic heterocycles. The molecule has 1 spiro atoms. The Balaban J connectivity index is 1.43. The van der Waals surface area contributed by atoms with Crippen LogP contribution in [0.2, 0.25) is 0 Å². The van der Waals surface area contributed by atoms with Gasteiger partial charge in [-0.2, -0.15) is 11.3 Å². The Kier molecular flexibility index (Phi) is 2.35. The van der Waals surface area contributed by atoms with Gasteiger partial charge in [-0.3, -0.25) is 4.79 Å². The molecule has 0 saturated heterocycles. The minimum absolute atomic E-state index is 0.353. The van der Waals surface area contributed by atoms with Gasteiger partial charge in [0.1, 0.15) is 0 Å². The van der Waals surface area contributed by atoms with Crippen molar-refractivity contribution in [2.24, 2.45) is 11.3 Å². The first-order chi connectivity index (χ1) is 8.76. The quantitative estimate of drug-likeness (QED) is 0.813. The highest BCUT2D eigenvalue weighted by atomic mass is 32.1. The van der Waals surface area contributed by atoms with E-state index in [9.17, 15) is 4.79 Å². The largest absolute Gasteiger partial charge is 0.335 e. The van der Waals surface area contributed by atoms with E-state index in [2.05, 4.69) is 21.7 Å². The van der Waals surface area contributed by atoms with Crippen LogP contribution in [0.1, 0.15) is 44.1 Å². The topological polar surface area (TPSA) is 20.3 Å². The van der Waals surface area contributed by atoms with Crippen LogP contribution in [0.15, 0.2) is 16.8 Å². The van der Waals surface area contributed by atoms with Gasteiger partial charge >= 0.3 is 0 Å². The van der Waals surface area contributed by atoms with Gasteiger partial charge in [0.25, 0.3) is 0 Å². The molecule has 0 atom stereocenters. The van der Waals surface area contributed by atoms with Crippen LogP contribution in [0, 0.1) is 11.3 Å². The van der Waals surface area contributed by atoms with Crippen LogP contribution in [0.25, 0.3) is 0 Å². The molecule has 18 heavy (non-hydrogen) atoms. The number of amides is 1. The highest BCUT2D eigenvalue weighted by Crippen LogP contribution is 2.63. The lowest BCUT2D eigenvalue weighted by Crippen LogP contribution is -2.43. The molecule has 1 aromatic rings. The number of thiophene rings is 1. The van der Waals surface area contributed by atoms with Crippen molar-refractivity contribution in [3.63, 3.8) is 0 Å². The molecular formula is C15H19NOS. The number of hydrogen-bond donors (Lipinski definition) is 0. The lowest BCUT2D eigenvalue weighted by atomic mass is 9.71. The van der Waals surface area contributed by atoms with Gasteiger partial charge in [0.05, 0.1) is 0 Å². The van der Waals surface area contributed by atoms with E-state index >= 15 is 0 Å². The standard InChI is InChI=1S/C15H19NOS/c17-14(12-7-15(8-12)4-5-15)16(13-1-2-13)9-11-3-6-18-10-11/h3,6,10,12-13H,1-2,4-5,7-9H2. The molecule has 0 N–H and O–H groups in total. The molecule has 3 saturated carbocycles. The minimum Gasteiger partial charge on any atom is -0.335 e. The zero-order chi connectivity index (χ0) is 12.2. The van der Waals surface area contributed by atoms with E-state index in [1.165, 1.54) is 44.1 Å². The monoisotopic (exact) mass is 261 g/mol. The third-order valence-electron chi connectivity index (χ3n) is 4.87. The van der Waals surface area contributed by atoms with Gasteiger partial charge in [-0.1, -0.05) is 0 Å². The summed E-state index contributed by atoms with van der Waals surface area (Å²) in [4.78, 5) is 14.7. The van der Waals surface area contributed by atoms with Crippen molar-refractivity contribution >= 4 is 17.2 Å². The normalized spacial score (nSPS) is 24.9. The second kappa shape index (κ2) is 3.83. The maximum atomic E-state index is 12.6. The van der Waals surface area contributed by atoms with Gasteiger partial charge in [-0.15, -0.1) is 0 Å². The number of rotatable bonds is 4. The van der Waals surface area contributed by atoms with E-state index in [4.69, 9.17) is 0 Å². The van der Waals surface area contributed by atoms with Gasteiger partial charge in [0.2, 0.25) is 5.91 Å². The van der Waals surface area contributed by atoms with Crippen LogP contribution in [-0.4, -0.2) is 16.8 Å². The van der Waals surface area contributed by atoms with E-state index in [1.807, 2.05) is 0 Å². The first kappa shape index (κ1) is 11.0. The SMILES string of the molecule is O=C(C1CC2(CC2)C1)N(Cc1ccsc1)C1CC1. The summed E-state index contributed by atoms with van der Waals surface area (Å²) < 4.78 is 0. The Hall–Kier alpha value is -0.830. The average Bonchev–Trinajstić information content (AvgIpc) is 3.22. The van der Waals surface area contributed by atoms with Crippen molar-refractivity contribution in [1.29, 1.82) is 0 Å². The Morgan fingerprint density at radius 3 is 2.72 bits per heavy atom. The van der Waals surface area contributed by atoms with Crippen molar-refractivity contribution in [1.82, 2.24) is 4.90 Å². The van der Waals surface area contributed by atoms with E-state index in [0.717, 1.165) is 6.54 Å². The number of hydrogen-bond acceptors (Lipinski definition) is 2. The fraction of sp³-hybridized carbons (Fsp3) is 0.667. The van der Waals surface area contributed by atoms with E-state index < -0.39 is 0 Å². The van der Waals surface area contributed by atoms with Crippen LogP contribution in [0.4, 0.5) is 0 Å². The predicted molar refractivity (Wildman–Crippen MR) is 72.3 cm³/mol. The summed E-state index contributed by atoms with van der Waals surface area (Å²) in [6.07, 6.45) is 7.55. The fourth-order valence-corrected chi connectivity index (χ4v) is 3.99. The van der Waals surface area contributed by atoms with Crippen LogP contribution in [-0.2, 0) is 11.3 Å². The average molecular weight is 261 g/mol. The highest BCUT2D eigenvalue weighted by Gasteiger charge is 2.56. The van der Waals surface area contributed by atoms with Gasteiger partial charge in [0.15, 0.2) is 0 Å². The molecule has 2 nitrogen and oxygen atoms in total. The van der Waals surface area contributed by atoms with Crippen molar-refractivity contribution in [2.45, 2.75) is 51.1 Å². The molecule has 1 amide bonds. The van der Waals surface area contributed by atoms with Gasteiger partial charge in [-0.05, 0) is 66.3 Å². The van der Waals surface area contributed by atoms with E-state index in [1.54, 1.807) is 11.3 Å². The zero-order valence-corrected chi connectivity index (χ0v) is 11.4. The molecule has 0 unspecified atom stereocenters. The third-order valence-corrected chi connectivity index (χ3v) is 5.60. The Labute approximate surface area is 112 Å². The summed E-state index contributed by atoms with van der Waals surface area (Å²) in [5.41, 5.74) is 1.94. The first-order valence-electron chi connectivity index (χ1n) is 7.07. The second-order valence-electron chi connectivity index (χ2n) is 6.43. The molecule has 3 heteroatoms. The second-order valence-corrected chi connectivity index (χ2v) is 7.21. The summed E-state index contributed by atoms with van der Waals surface area (Å²) in [6.45, 7) is 0.844. The van der Waals surface area contributed by atoms with Crippen LogP contribution >= 0.6 is 11.3 Å². The molecule has 3 aliphatic rings. The Bertz CT molecular complexity index is 451. The Morgan fingerprint density at radius 1 is 1.39 bits per heavy atom. The Morgan fingerprint density at radius 2 is 2.17 bits per heavy atom. The van der Waals surface area contributed by atoms with Gasteiger partial charge < -0.3 is 4.90 Å². The first-order valence-corrected chi connectivity index (χ1v) is 8.02. The molecule has 3 fully saturated rings. The highest BCUT2D eigenvalue weighted by molar-refractivity contribution is 7.07. The molecular weight excluding hydrogens is 242 g/mol. The summed E-state index contributed by atoms with van der Waals surface area (Å²) in [5.74, 6) is 0.799. The van der Waals surface area contributed by atoms with Crippen molar-refractivity contribution in [3.05, 3.63) is 22.4 Å². The molecule has 0 radical (unpaired) electrons. The van der Waals surface area contributed by atoms with Gasteiger partial charge in [-0.25, -0.2) is 0 Å². The van der Waals surface area contributed by atoms with E-state index in [0.29, 0.717) is 23.3 Å². The molecule has 3 aliphatic carbocycles. The van der Waals surface area contributed by atoms with Crippen molar-refractivity contribution in [3.8, 4) is 0 Å². The van der Waals surface area contributed by atoms with Gasteiger partial charge in [0, 0.05) is 18.5 Å².